The van der Waals surface area contributed by atoms with Crippen molar-refractivity contribution < 1.29 is 27.5 Å². The topological polar surface area (TPSA) is 113 Å². The predicted molar refractivity (Wildman–Crippen MR) is 80.0 cm³/mol. The number of halogens is 1. The molecule has 1 heterocycles. The molecule has 1 aromatic rings. The molecule has 3 N–H and O–H groups in total. The zero-order chi connectivity index (χ0) is 17.2. The summed E-state index contributed by atoms with van der Waals surface area (Å²) in [6, 6.07) is 0.758. The molecule has 1 unspecified atom stereocenters. The number of anilines is 1. The number of amides is 1. The third-order valence-electron chi connectivity index (χ3n) is 3.52. The van der Waals surface area contributed by atoms with Crippen LogP contribution in [0.25, 0.3) is 0 Å². The van der Waals surface area contributed by atoms with Gasteiger partial charge >= 0.3 is 5.97 Å². The van der Waals surface area contributed by atoms with Crippen molar-refractivity contribution in [1.82, 2.24) is 4.72 Å². The lowest BCUT2D eigenvalue weighted by atomic mass is 10.0. The second kappa shape index (κ2) is 6.63. The lowest BCUT2D eigenvalue weighted by molar-refractivity contribution is -0.139. The number of hydrogen-bond acceptors (Lipinski definition) is 4. The van der Waals surface area contributed by atoms with Gasteiger partial charge in [0.05, 0.1) is 0 Å². The van der Waals surface area contributed by atoms with Crippen LogP contribution in [0, 0.1) is 5.82 Å². The van der Waals surface area contributed by atoms with Crippen LogP contribution in [0.4, 0.5) is 10.1 Å². The Bertz CT molecular complexity index is 748. The molecule has 0 aliphatic carbocycles. The number of aryl methyl sites for hydroxylation is 1. The number of aliphatic carboxylic acids is 1. The van der Waals surface area contributed by atoms with Gasteiger partial charge in [0.2, 0.25) is 15.9 Å². The highest BCUT2D eigenvalue weighted by Crippen LogP contribution is 2.28. The summed E-state index contributed by atoms with van der Waals surface area (Å²) in [6.45, 7) is 1.71. The van der Waals surface area contributed by atoms with Crippen LogP contribution in [0.15, 0.2) is 17.0 Å². The maximum atomic E-state index is 14.1. The van der Waals surface area contributed by atoms with E-state index >= 15 is 0 Å². The fourth-order valence-electron chi connectivity index (χ4n) is 2.36. The van der Waals surface area contributed by atoms with Crippen LogP contribution >= 0.6 is 0 Å². The van der Waals surface area contributed by atoms with Crippen molar-refractivity contribution in [2.24, 2.45) is 0 Å². The zero-order valence-electron chi connectivity index (χ0n) is 12.4. The zero-order valence-corrected chi connectivity index (χ0v) is 13.2. The number of carbonyl (C=O) groups excluding carboxylic acids is 1. The molecule has 0 radical (unpaired) electrons. The highest BCUT2D eigenvalue weighted by atomic mass is 32.2. The number of fused-ring (bicyclic) bond motifs is 1. The van der Waals surface area contributed by atoms with Gasteiger partial charge in [-0.3, -0.25) is 9.59 Å². The summed E-state index contributed by atoms with van der Waals surface area (Å²) in [4.78, 5) is 21.7. The van der Waals surface area contributed by atoms with Gasteiger partial charge in [-0.2, -0.15) is 4.72 Å². The number of hydrogen-bond donors (Lipinski definition) is 3. The molecule has 0 saturated heterocycles. The molecule has 1 amide bonds. The summed E-state index contributed by atoms with van der Waals surface area (Å²) in [7, 11) is -4.32. The molecule has 1 aromatic carbocycles. The van der Waals surface area contributed by atoms with E-state index < -0.39 is 32.7 Å². The molecule has 1 atom stereocenters. The molecule has 0 aromatic heterocycles. The molecule has 0 spiro atoms. The highest BCUT2D eigenvalue weighted by molar-refractivity contribution is 7.89. The van der Waals surface area contributed by atoms with Crippen molar-refractivity contribution >= 4 is 27.6 Å². The Balaban J connectivity index is 2.36. The molecule has 1 aliphatic heterocycles. The van der Waals surface area contributed by atoms with E-state index in [1.54, 1.807) is 6.92 Å². The smallest absolute Gasteiger partial charge is 0.321 e. The first-order chi connectivity index (χ1) is 10.7. The monoisotopic (exact) mass is 344 g/mol. The van der Waals surface area contributed by atoms with Crippen molar-refractivity contribution in [3.63, 3.8) is 0 Å². The SMILES string of the molecule is CCCC(NS(=O)(=O)c1cc2c(cc1F)NC(=O)CC2)C(=O)O. The standard InChI is InChI=1S/C14H17FN2O5S/c1-2-3-10(14(19)20)17-23(21,22)12-6-8-4-5-13(18)16-11(8)7-9(12)15/h6-7,10,17H,2-5H2,1H3,(H,16,18)(H,19,20). The van der Waals surface area contributed by atoms with E-state index in [1.807, 2.05) is 4.72 Å². The van der Waals surface area contributed by atoms with Gasteiger partial charge in [-0.05, 0) is 30.5 Å². The minimum atomic E-state index is -4.32. The molecular weight excluding hydrogens is 327 g/mol. The maximum Gasteiger partial charge on any atom is 0.321 e. The Morgan fingerprint density at radius 2 is 2.13 bits per heavy atom. The van der Waals surface area contributed by atoms with Crippen LogP contribution in [0.5, 0.6) is 0 Å². The number of carbonyl (C=O) groups is 2. The van der Waals surface area contributed by atoms with E-state index in [0.29, 0.717) is 18.4 Å². The summed E-state index contributed by atoms with van der Waals surface area (Å²) in [5, 5.41) is 11.5. The van der Waals surface area contributed by atoms with Gasteiger partial charge in [0, 0.05) is 12.1 Å². The van der Waals surface area contributed by atoms with Crippen molar-refractivity contribution in [3.8, 4) is 0 Å². The van der Waals surface area contributed by atoms with Gasteiger partial charge in [0.1, 0.15) is 16.8 Å². The van der Waals surface area contributed by atoms with Gasteiger partial charge in [-0.15, -0.1) is 0 Å². The van der Waals surface area contributed by atoms with Gasteiger partial charge in [-0.1, -0.05) is 13.3 Å². The van der Waals surface area contributed by atoms with Gasteiger partial charge < -0.3 is 10.4 Å². The summed E-state index contributed by atoms with van der Waals surface area (Å²) in [6.07, 6.45) is 1.02. The van der Waals surface area contributed by atoms with E-state index in [0.717, 1.165) is 12.1 Å². The molecule has 0 saturated carbocycles. The average Bonchev–Trinajstić information content (AvgIpc) is 2.45. The summed E-state index contributed by atoms with van der Waals surface area (Å²) in [5.41, 5.74) is 0.731. The molecule has 1 aliphatic rings. The second-order valence-electron chi connectivity index (χ2n) is 5.29. The molecule has 0 bridgehead atoms. The number of rotatable bonds is 6. The Morgan fingerprint density at radius 3 is 2.74 bits per heavy atom. The molecule has 23 heavy (non-hydrogen) atoms. The Morgan fingerprint density at radius 1 is 1.43 bits per heavy atom. The summed E-state index contributed by atoms with van der Waals surface area (Å²) in [5.74, 6) is -2.63. The van der Waals surface area contributed by atoms with Gasteiger partial charge in [-0.25, -0.2) is 12.8 Å². The van der Waals surface area contributed by atoms with Crippen molar-refractivity contribution in [2.45, 2.75) is 43.5 Å². The number of carboxylic acids is 1. The first kappa shape index (κ1) is 17.4. The Kier molecular flexibility index (Phi) is 5.00. The fraction of sp³-hybridized carbons (Fsp3) is 0.429. The third kappa shape index (κ3) is 3.85. The average molecular weight is 344 g/mol. The van der Waals surface area contributed by atoms with Gasteiger partial charge in [0.25, 0.3) is 0 Å². The normalized spacial score (nSPS) is 15.7. The predicted octanol–water partition coefficient (Wildman–Crippen LogP) is 1.24. The van der Waals surface area contributed by atoms with E-state index in [-0.39, 0.29) is 24.4 Å². The first-order valence-corrected chi connectivity index (χ1v) is 8.60. The minimum Gasteiger partial charge on any atom is -0.480 e. The van der Waals surface area contributed by atoms with Crippen molar-refractivity contribution in [3.05, 3.63) is 23.5 Å². The van der Waals surface area contributed by atoms with Crippen LogP contribution in [-0.4, -0.2) is 31.4 Å². The Hall–Kier alpha value is -2.00. The van der Waals surface area contributed by atoms with Gasteiger partial charge in [0.15, 0.2) is 0 Å². The van der Waals surface area contributed by atoms with Crippen LogP contribution in [0.1, 0.15) is 31.7 Å². The lowest BCUT2D eigenvalue weighted by Gasteiger charge is -2.19. The van der Waals surface area contributed by atoms with Crippen LogP contribution < -0.4 is 10.0 Å². The first-order valence-electron chi connectivity index (χ1n) is 7.12. The van der Waals surface area contributed by atoms with Crippen molar-refractivity contribution in [2.75, 3.05) is 5.32 Å². The van der Waals surface area contributed by atoms with Crippen molar-refractivity contribution in [1.29, 1.82) is 0 Å². The molecule has 2 rings (SSSR count). The summed E-state index contributed by atoms with van der Waals surface area (Å²) < 4.78 is 40.7. The molecular formula is C14H17FN2O5S. The number of benzene rings is 1. The summed E-state index contributed by atoms with van der Waals surface area (Å²) >= 11 is 0. The molecule has 7 nitrogen and oxygen atoms in total. The Labute approximate surface area is 132 Å². The van der Waals surface area contributed by atoms with E-state index in [2.05, 4.69) is 5.32 Å². The number of sulfonamides is 1. The quantitative estimate of drug-likeness (QED) is 0.719. The lowest BCUT2D eigenvalue weighted by Crippen LogP contribution is -2.41. The minimum absolute atomic E-state index is 0.0944. The van der Waals surface area contributed by atoms with E-state index in [9.17, 15) is 22.4 Å². The fourth-order valence-corrected chi connectivity index (χ4v) is 3.69. The number of carboxylic acid groups (broad SMARTS) is 1. The van der Waals surface area contributed by atoms with E-state index in [1.165, 1.54) is 0 Å². The molecule has 9 heteroatoms. The number of nitrogens with one attached hydrogen (secondary N) is 2. The molecule has 126 valence electrons. The largest absolute Gasteiger partial charge is 0.480 e. The molecule has 0 fully saturated rings. The van der Waals surface area contributed by atoms with Crippen LogP contribution in [-0.2, 0) is 26.0 Å². The van der Waals surface area contributed by atoms with E-state index in [4.69, 9.17) is 5.11 Å². The third-order valence-corrected chi connectivity index (χ3v) is 5.00. The van der Waals surface area contributed by atoms with Crippen LogP contribution in [0.3, 0.4) is 0 Å². The van der Waals surface area contributed by atoms with Crippen LogP contribution in [0.2, 0.25) is 0 Å². The second-order valence-corrected chi connectivity index (χ2v) is 6.97. The highest BCUT2D eigenvalue weighted by Gasteiger charge is 2.29. The maximum absolute atomic E-state index is 14.1.